The van der Waals surface area contributed by atoms with Gasteiger partial charge in [0.1, 0.15) is 16.7 Å². The van der Waals surface area contributed by atoms with E-state index in [0.29, 0.717) is 0 Å². The number of nitrogens with zero attached hydrogens (tertiary/aromatic N) is 3. The molecule has 680 valence electrons. The Bertz CT molecular complexity index is 9250. The lowest BCUT2D eigenvalue weighted by molar-refractivity contribution is 0.660. The van der Waals surface area contributed by atoms with Crippen molar-refractivity contribution in [2.75, 3.05) is 14.7 Å². The number of para-hydroxylation sites is 6. The number of benzene rings is 22. The van der Waals surface area contributed by atoms with Gasteiger partial charge in [-0.05, 0) is 266 Å². The molecule has 0 saturated carbocycles. The fourth-order valence-electron chi connectivity index (χ4n) is 23.1. The Hall–Kier alpha value is -17.8. The molecule has 0 spiro atoms. The smallest absolute Gasteiger partial charge is 0.159 e. The maximum absolute atomic E-state index is 6.68. The lowest BCUT2D eigenvalue weighted by Crippen LogP contribution is -2.14. The molecular formula is C137H99N3O3. The second-order valence-electron chi connectivity index (χ2n) is 39.7. The van der Waals surface area contributed by atoms with E-state index in [4.69, 9.17) is 13.3 Å². The van der Waals surface area contributed by atoms with Gasteiger partial charge in [0.15, 0.2) is 16.7 Å². The minimum atomic E-state index is -0.0145. The van der Waals surface area contributed by atoms with Crippen molar-refractivity contribution in [3.05, 3.63) is 525 Å². The molecular weight excluding hydrogens is 1740 g/mol. The number of rotatable bonds is 14. The van der Waals surface area contributed by atoms with Crippen LogP contribution in [-0.4, -0.2) is 0 Å². The molecule has 0 amide bonds. The second-order valence-corrected chi connectivity index (χ2v) is 39.7. The molecule has 25 aromatic rings. The van der Waals surface area contributed by atoms with Gasteiger partial charge in [0.2, 0.25) is 0 Å². The molecule has 0 atom stereocenters. The largest absolute Gasteiger partial charge is 0.454 e. The zero-order chi connectivity index (χ0) is 95.8. The number of hydrogen-bond donors (Lipinski definition) is 0. The molecule has 0 bridgehead atoms. The Labute approximate surface area is 832 Å². The highest BCUT2D eigenvalue weighted by Crippen LogP contribution is 2.56. The van der Waals surface area contributed by atoms with Crippen LogP contribution >= 0.6 is 0 Å². The first-order valence-corrected chi connectivity index (χ1v) is 49.6. The average Bonchev–Trinajstić information content (AvgIpc) is 1.57. The van der Waals surface area contributed by atoms with E-state index in [-0.39, 0.29) is 16.2 Å². The summed E-state index contributed by atoms with van der Waals surface area (Å²) in [6.45, 7) is 14.0. The van der Waals surface area contributed by atoms with Crippen molar-refractivity contribution in [1.82, 2.24) is 0 Å². The zero-order valence-corrected chi connectivity index (χ0v) is 80.3. The number of furan rings is 3. The van der Waals surface area contributed by atoms with Gasteiger partial charge in [0.05, 0.1) is 22.7 Å². The van der Waals surface area contributed by atoms with Crippen LogP contribution in [0.3, 0.4) is 0 Å². The highest BCUT2D eigenvalue weighted by Gasteiger charge is 2.39. The third-order valence-corrected chi connectivity index (χ3v) is 30.4. The number of anilines is 9. The van der Waals surface area contributed by atoms with Crippen LogP contribution in [0.15, 0.2) is 505 Å². The van der Waals surface area contributed by atoms with E-state index in [0.717, 1.165) is 128 Å². The van der Waals surface area contributed by atoms with Gasteiger partial charge < -0.3 is 28.0 Å². The van der Waals surface area contributed by atoms with Crippen molar-refractivity contribution in [3.8, 4) is 89.0 Å². The summed E-state index contributed by atoms with van der Waals surface area (Å²) >= 11 is 0. The Kier molecular flexibility index (Phi) is 20.6. The van der Waals surface area contributed by atoms with Gasteiger partial charge in [-0.1, -0.05) is 406 Å². The fourth-order valence-corrected chi connectivity index (χ4v) is 23.1. The summed E-state index contributed by atoms with van der Waals surface area (Å²) < 4.78 is 19.8. The predicted octanol–water partition coefficient (Wildman–Crippen LogP) is 38.7. The highest BCUT2D eigenvalue weighted by atomic mass is 16.3. The van der Waals surface area contributed by atoms with Crippen LogP contribution < -0.4 is 14.7 Å². The van der Waals surface area contributed by atoms with Gasteiger partial charge >= 0.3 is 0 Å². The van der Waals surface area contributed by atoms with E-state index < -0.39 is 0 Å². The number of hydrogen-bond acceptors (Lipinski definition) is 6. The molecule has 6 nitrogen and oxygen atoms in total. The monoisotopic (exact) mass is 1830 g/mol. The minimum Gasteiger partial charge on any atom is -0.454 e. The predicted molar refractivity (Wildman–Crippen MR) is 600 cm³/mol. The maximum atomic E-state index is 6.68. The van der Waals surface area contributed by atoms with Crippen molar-refractivity contribution in [2.24, 2.45) is 0 Å². The molecule has 28 rings (SSSR count). The van der Waals surface area contributed by atoms with Crippen LogP contribution in [0.25, 0.3) is 176 Å². The van der Waals surface area contributed by atoms with Crippen molar-refractivity contribution in [2.45, 2.75) is 57.8 Å². The van der Waals surface area contributed by atoms with Gasteiger partial charge in [0, 0.05) is 82.4 Å². The molecule has 0 radical (unpaired) electrons. The van der Waals surface area contributed by atoms with Crippen LogP contribution in [0, 0.1) is 0 Å². The molecule has 6 heteroatoms. The third-order valence-electron chi connectivity index (χ3n) is 30.4. The van der Waals surface area contributed by atoms with Crippen LogP contribution in [-0.2, 0) is 16.2 Å². The lowest BCUT2D eigenvalue weighted by Gasteiger charge is -2.27. The van der Waals surface area contributed by atoms with Crippen molar-refractivity contribution >= 4 is 139 Å². The van der Waals surface area contributed by atoms with Crippen molar-refractivity contribution in [1.29, 1.82) is 0 Å². The van der Waals surface area contributed by atoms with Crippen LogP contribution in [0.4, 0.5) is 51.2 Å². The third kappa shape index (κ3) is 14.6. The van der Waals surface area contributed by atoms with Gasteiger partial charge in [-0.2, -0.15) is 0 Å². The molecule has 0 N–H and O–H groups in total. The van der Waals surface area contributed by atoms with Crippen molar-refractivity contribution < 1.29 is 13.3 Å². The van der Waals surface area contributed by atoms with Gasteiger partial charge in [-0.25, -0.2) is 0 Å². The van der Waals surface area contributed by atoms with Crippen LogP contribution in [0.5, 0.6) is 0 Å². The molecule has 0 aliphatic heterocycles. The molecule has 0 unspecified atom stereocenters. The fraction of sp³-hybridized carbons (Fsp3) is 0.0657. The van der Waals surface area contributed by atoms with E-state index in [9.17, 15) is 0 Å². The summed E-state index contributed by atoms with van der Waals surface area (Å²) in [6.07, 6.45) is 0. The summed E-state index contributed by atoms with van der Waals surface area (Å²) in [5.41, 5.74) is 43.1. The summed E-state index contributed by atoms with van der Waals surface area (Å²) in [7, 11) is 0. The summed E-state index contributed by atoms with van der Waals surface area (Å²) in [5.74, 6) is 0. The zero-order valence-electron chi connectivity index (χ0n) is 80.3. The topological polar surface area (TPSA) is 49.1 Å². The molecule has 3 aliphatic carbocycles. The quantitative estimate of drug-likeness (QED) is 0.108. The molecule has 3 aliphatic rings. The molecule has 3 aromatic heterocycles. The summed E-state index contributed by atoms with van der Waals surface area (Å²) in [4.78, 5) is 7.02. The van der Waals surface area contributed by atoms with Crippen molar-refractivity contribution in [3.63, 3.8) is 0 Å². The normalized spacial score (nSPS) is 13.1. The minimum absolute atomic E-state index is 0.00491. The van der Waals surface area contributed by atoms with Gasteiger partial charge in [0.25, 0.3) is 0 Å². The first-order chi connectivity index (χ1) is 70.2. The molecule has 0 fully saturated rings. The van der Waals surface area contributed by atoms with Gasteiger partial charge in [-0.3, -0.25) is 0 Å². The summed E-state index contributed by atoms with van der Waals surface area (Å²) in [5, 5.41) is 11.5. The molecule has 3 heterocycles. The van der Waals surface area contributed by atoms with E-state index in [1.165, 1.54) is 133 Å². The Morgan fingerprint density at radius 2 is 0.441 bits per heavy atom. The Morgan fingerprint density at radius 1 is 0.154 bits per heavy atom. The van der Waals surface area contributed by atoms with E-state index in [1.54, 1.807) is 0 Å². The first-order valence-electron chi connectivity index (χ1n) is 49.6. The lowest BCUT2D eigenvalue weighted by atomic mass is 9.82. The van der Waals surface area contributed by atoms with Crippen LogP contribution in [0.1, 0.15) is 74.9 Å². The van der Waals surface area contributed by atoms with Gasteiger partial charge in [-0.15, -0.1) is 0 Å². The van der Waals surface area contributed by atoms with Crippen LogP contribution in [0.2, 0.25) is 0 Å². The number of fused-ring (bicyclic) bond motifs is 20. The Balaban J connectivity index is 0.000000110. The molecule has 22 aromatic carbocycles. The Morgan fingerprint density at radius 3 is 0.860 bits per heavy atom. The highest BCUT2D eigenvalue weighted by molar-refractivity contribution is 6.14. The van der Waals surface area contributed by atoms with E-state index in [2.05, 4.69) is 517 Å². The molecule has 0 saturated heterocycles. The van der Waals surface area contributed by atoms with E-state index >= 15 is 0 Å². The molecule has 143 heavy (non-hydrogen) atoms. The first kappa shape index (κ1) is 85.6. The SMILES string of the molecule is CC1(C)c2ccccc2-c2cc(-c3ccc(N(c4cc(-c5ccccc5)cc(-c5ccccc5)c4)c4cccc5c4oc4ccccc45)cc3)ccc21.CC1(C)c2ccccc2-c2cc(-c3ccc(N(c4ccc5ccccc5c4)c4cccc5c4oc4ccccc45)cc3)ccc21.CC1(C)c2ccccc2-c2cc(-c3ccc(N(c4cccc5ccccc45)c4cccc5c4oc4ccccc45)cc3)ccc21. The van der Waals surface area contributed by atoms with E-state index in [1.807, 2.05) is 30.3 Å². The standard InChI is InChI=1S/C51H37NO.2C43H31NO/c1-51(2)46-21-11-9-18-42(46)45-33-37(26-29-47(45)51)36-24-27-40(28-25-36)52(48-22-13-20-44-43-19-10-12-23-49(43)53-50(44)48)41-31-38(34-14-5-3-6-15-34)30-39(32-41)35-16-7-4-8-17-35;1-43(2)37-17-7-5-14-33(37)36-27-30(23-26-38(36)43)28-21-24-31(25-22-28)44(39-18-9-12-29-11-3-4-13-32(29)39)40-19-10-16-35-34-15-6-8-20-41(34)45-42(35)40;1-43(2)38-15-7-5-12-34(38)37-27-31(21-25-39(37)43)29-18-22-32(23-19-29)44(33-24-20-28-10-3-4-11-30(28)26-33)40-16-9-14-36-35-13-6-8-17-41(35)45-42(36)40/h3-33H,1-2H3;2*3-27H,1-2H3. The second kappa shape index (κ2) is 34.3. The maximum Gasteiger partial charge on any atom is 0.159 e. The summed E-state index contributed by atoms with van der Waals surface area (Å²) in [6, 6.07) is 177. The average molecular weight is 1840 g/mol.